The van der Waals surface area contributed by atoms with Gasteiger partial charge in [-0.05, 0) is 30.0 Å². The lowest BCUT2D eigenvalue weighted by Gasteiger charge is -2.19. The average Bonchev–Trinajstić information content (AvgIpc) is 2.17. The van der Waals surface area contributed by atoms with E-state index in [1.165, 1.54) is 18.2 Å². The van der Waals surface area contributed by atoms with Crippen LogP contribution in [0.15, 0.2) is 24.4 Å². The van der Waals surface area contributed by atoms with Crippen LogP contribution in [0.2, 0.25) is 0 Å². The molecular weight excluding hydrogens is 243 g/mol. The molecule has 0 bridgehead atoms. The van der Waals surface area contributed by atoms with Gasteiger partial charge in [-0.25, -0.2) is 0 Å². The number of nitrogens with one attached hydrogen (secondary N) is 1. The van der Waals surface area contributed by atoms with Gasteiger partial charge in [0.1, 0.15) is 11.3 Å². The van der Waals surface area contributed by atoms with Gasteiger partial charge in [-0.15, -0.1) is 13.2 Å². The summed E-state index contributed by atoms with van der Waals surface area (Å²) in [5.41, 5.74) is 0.788. The molecular formula is C10H7ClF3NO. The predicted molar refractivity (Wildman–Crippen MR) is 53.9 cm³/mol. The zero-order valence-corrected chi connectivity index (χ0v) is 8.64. The highest BCUT2D eigenvalue weighted by Gasteiger charge is 2.31. The molecule has 2 rings (SSSR count). The number of ether oxygens (including phenoxy) is 1. The van der Waals surface area contributed by atoms with Crippen LogP contribution >= 0.6 is 11.6 Å². The highest BCUT2D eigenvalue weighted by molar-refractivity contribution is 6.21. The molecule has 1 aliphatic heterocycles. The third-order valence-corrected chi connectivity index (χ3v) is 2.43. The van der Waals surface area contributed by atoms with Gasteiger partial charge >= 0.3 is 6.36 Å². The van der Waals surface area contributed by atoms with Gasteiger partial charge in [-0.2, -0.15) is 0 Å². The summed E-state index contributed by atoms with van der Waals surface area (Å²) in [6.45, 7) is 0. The molecule has 0 spiro atoms. The molecule has 1 unspecified atom stereocenters. The van der Waals surface area contributed by atoms with Crippen molar-refractivity contribution in [2.75, 3.05) is 0 Å². The largest absolute Gasteiger partial charge is 0.573 e. The Labute approximate surface area is 94.7 Å². The van der Waals surface area contributed by atoms with E-state index < -0.39 is 11.9 Å². The molecule has 0 aromatic heterocycles. The molecule has 1 aromatic rings. The number of halogens is 4. The lowest BCUT2D eigenvalue weighted by atomic mass is 10.0. The molecule has 1 atom stereocenters. The van der Waals surface area contributed by atoms with Crippen molar-refractivity contribution in [1.29, 1.82) is 0 Å². The van der Waals surface area contributed by atoms with Crippen LogP contribution in [-0.4, -0.2) is 6.36 Å². The fourth-order valence-corrected chi connectivity index (χ4v) is 1.70. The van der Waals surface area contributed by atoms with E-state index >= 15 is 0 Å². The molecule has 6 heteroatoms. The van der Waals surface area contributed by atoms with Crippen LogP contribution < -0.4 is 10.1 Å². The van der Waals surface area contributed by atoms with Crippen LogP contribution in [0.5, 0.6) is 5.75 Å². The highest BCUT2D eigenvalue weighted by atomic mass is 35.5. The van der Waals surface area contributed by atoms with Crippen molar-refractivity contribution in [3.05, 3.63) is 35.5 Å². The van der Waals surface area contributed by atoms with Crippen LogP contribution in [0.3, 0.4) is 0 Å². The lowest BCUT2D eigenvalue weighted by molar-refractivity contribution is -0.274. The van der Waals surface area contributed by atoms with Gasteiger partial charge in [0.25, 0.3) is 0 Å². The number of hydrogen-bond acceptors (Lipinski definition) is 2. The molecule has 0 radical (unpaired) electrons. The van der Waals surface area contributed by atoms with Gasteiger partial charge in [0, 0.05) is 5.56 Å². The van der Waals surface area contributed by atoms with E-state index in [9.17, 15) is 13.2 Å². The van der Waals surface area contributed by atoms with Gasteiger partial charge in [-0.1, -0.05) is 17.7 Å². The van der Waals surface area contributed by atoms with Crippen LogP contribution in [0, 0.1) is 0 Å². The number of rotatable bonds is 1. The van der Waals surface area contributed by atoms with E-state index in [1.807, 2.05) is 0 Å². The minimum absolute atomic E-state index is 0.269. The second-order valence-corrected chi connectivity index (χ2v) is 3.64. The first-order valence-corrected chi connectivity index (χ1v) is 4.86. The fraction of sp³-hybridized carbons (Fsp3) is 0.200. The Hall–Kier alpha value is -1.36. The smallest absolute Gasteiger partial charge is 0.406 e. The third-order valence-electron chi connectivity index (χ3n) is 2.07. The summed E-state index contributed by atoms with van der Waals surface area (Å²) in [6, 6.07) is 4.06. The van der Waals surface area contributed by atoms with Crippen molar-refractivity contribution in [3.8, 4) is 5.75 Å². The zero-order chi connectivity index (χ0) is 11.8. The van der Waals surface area contributed by atoms with Crippen molar-refractivity contribution in [3.63, 3.8) is 0 Å². The average molecular weight is 250 g/mol. The minimum Gasteiger partial charge on any atom is -0.406 e. The summed E-state index contributed by atoms with van der Waals surface area (Å²) in [6.07, 6.45) is -1.32. The highest BCUT2D eigenvalue weighted by Crippen LogP contribution is 2.31. The maximum Gasteiger partial charge on any atom is 0.573 e. The SMILES string of the molecule is FC(F)(F)Oc1ccc2c(c1)C(Cl)NC=C2. The van der Waals surface area contributed by atoms with Gasteiger partial charge < -0.3 is 10.1 Å². The summed E-state index contributed by atoms with van der Waals surface area (Å²) in [5, 5.41) is 2.78. The normalized spacial score (nSPS) is 18.9. The number of fused-ring (bicyclic) bond motifs is 1. The maximum atomic E-state index is 12.0. The molecule has 1 aliphatic rings. The van der Waals surface area contributed by atoms with Crippen LogP contribution in [0.25, 0.3) is 6.08 Å². The summed E-state index contributed by atoms with van der Waals surface area (Å²) >= 11 is 5.89. The Balaban J connectivity index is 2.31. The van der Waals surface area contributed by atoms with Crippen molar-refractivity contribution < 1.29 is 17.9 Å². The minimum atomic E-state index is -4.69. The Morgan fingerprint density at radius 3 is 2.75 bits per heavy atom. The molecule has 0 fully saturated rings. The van der Waals surface area contributed by atoms with Crippen LogP contribution in [0.1, 0.15) is 16.6 Å². The molecule has 86 valence electrons. The van der Waals surface area contributed by atoms with Gasteiger partial charge in [0.15, 0.2) is 0 Å². The molecule has 1 heterocycles. The van der Waals surface area contributed by atoms with E-state index in [1.54, 1.807) is 12.3 Å². The van der Waals surface area contributed by atoms with Gasteiger partial charge in [0.05, 0.1) is 0 Å². The quantitative estimate of drug-likeness (QED) is 0.608. The first kappa shape index (κ1) is 11.1. The third kappa shape index (κ3) is 2.41. The summed E-state index contributed by atoms with van der Waals surface area (Å²) in [4.78, 5) is 0. The molecule has 1 N–H and O–H groups in total. The summed E-state index contributed by atoms with van der Waals surface area (Å²) < 4.78 is 39.8. The van der Waals surface area contributed by atoms with Crippen molar-refractivity contribution >= 4 is 17.7 Å². The van der Waals surface area contributed by atoms with Crippen LogP contribution in [0.4, 0.5) is 13.2 Å². The monoisotopic (exact) mass is 249 g/mol. The predicted octanol–water partition coefficient (Wildman–Crippen LogP) is 3.40. The van der Waals surface area contributed by atoms with Crippen molar-refractivity contribution in [2.45, 2.75) is 11.9 Å². The van der Waals surface area contributed by atoms with E-state index in [2.05, 4.69) is 10.1 Å². The van der Waals surface area contributed by atoms with Gasteiger partial charge in [-0.3, -0.25) is 0 Å². The fourth-order valence-electron chi connectivity index (χ4n) is 1.43. The topological polar surface area (TPSA) is 21.3 Å². The van der Waals surface area contributed by atoms with Crippen LogP contribution in [-0.2, 0) is 0 Å². The lowest BCUT2D eigenvalue weighted by Crippen LogP contribution is -2.18. The first-order chi connectivity index (χ1) is 7.46. The second kappa shape index (κ2) is 3.90. The Morgan fingerprint density at radius 1 is 1.31 bits per heavy atom. The second-order valence-electron chi connectivity index (χ2n) is 3.20. The molecule has 1 aromatic carbocycles. The molecule has 0 amide bonds. The number of hydrogen-bond donors (Lipinski definition) is 1. The first-order valence-electron chi connectivity index (χ1n) is 4.42. The Morgan fingerprint density at radius 2 is 2.06 bits per heavy atom. The van der Waals surface area contributed by atoms with Crippen molar-refractivity contribution in [2.24, 2.45) is 0 Å². The maximum absolute atomic E-state index is 12.0. The van der Waals surface area contributed by atoms with Gasteiger partial charge in [0.2, 0.25) is 0 Å². The Bertz CT molecular complexity index is 431. The van der Waals surface area contributed by atoms with E-state index in [0.717, 1.165) is 5.56 Å². The van der Waals surface area contributed by atoms with Crippen molar-refractivity contribution in [1.82, 2.24) is 5.32 Å². The Kier molecular flexibility index (Phi) is 2.71. The van der Waals surface area contributed by atoms with E-state index in [4.69, 9.17) is 11.6 Å². The molecule has 0 aliphatic carbocycles. The number of alkyl halides is 4. The van der Waals surface area contributed by atoms with E-state index in [-0.39, 0.29) is 5.75 Å². The zero-order valence-electron chi connectivity index (χ0n) is 7.88. The van der Waals surface area contributed by atoms with E-state index in [0.29, 0.717) is 5.56 Å². The summed E-state index contributed by atoms with van der Waals surface area (Å²) in [7, 11) is 0. The molecule has 0 saturated carbocycles. The summed E-state index contributed by atoms with van der Waals surface area (Å²) in [5.74, 6) is -0.269. The number of benzene rings is 1. The molecule has 2 nitrogen and oxygen atoms in total. The standard InChI is InChI=1S/C10H7ClF3NO/c11-9-8-5-7(16-10(12,13)14)2-1-6(8)3-4-15-9/h1-5,9,15H. The molecule has 0 saturated heterocycles. The molecule has 16 heavy (non-hydrogen) atoms.